The smallest absolute Gasteiger partial charge is 0.253 e. The van der Waals surface area contributed by atoms with Gasteiger partial charge in [-0.3, -0.25) is 33.7 Å². The van der Waals surface area contributed by atoms with Crippen LogP contribution in [0.3, 0.4) is 0 Å². The Morgan fingerprint density at radius 2 is 1.19 bits per heavy atom. The van der Waals surface area contributed by atoms with Gasteiger partial charge >= 0.3 is 0 Å². The molecule has 0 aromatic carbocycles. The quantitative estimate of drug-likeness (QED) is 0.0264. The van der Waals surface area contributed by atoms with Crippen LogP contribution in [-0.2, 0) is 57.2 Å². The average molecular weight is 888 g/mol. The van der Waals surface area contributed by atoms with Gasteiger partial charge in [-0.15, -0.1) is 0 Å². The van der Waals surface area contributed by atoms with E-state index in [1.165, 1.54) is 26.0 Å². The highest BCUT2D eigenvalue weighted by Gasteiger charge is 2.46. The number of nitrogens with one attached hydrogen (secondary N) is 3. The summed E-state index contributed by atoms with van der Waals surface area (Å²) in [5, 5.41) is 66.3. The lowest BCUT2D eigenvalue weighted by atomic mass is 9.97. The molecule has 0 spiro atoms. The van der Waals surface area contributed by atoms with Crippen LogP contribution in [-0.4, -0.2) is 203 Å². The highest BCUT2D eigenvalue weighted by atomic mass is 79.9. The first-order valence-electron chi connectivity index (χ1n) is 18.2. The number of amides is 5. The lowest BCUT2D eigenvalue weighted by molar-refractivity contribution is -0.272. The van der Waals surface area contributed by atoms with Crippen LogP contribution < -0.4 is 16.0 Å². The highest BCUT2D eigenvalue weighted by molar-refractivity contribution is 9.09. The zero-order chi connectivity index (χ0) is 42.5. The fourth-order valence-electron chi connectivity index (χ4n) is 5.57. The summed E-state index contributed by atoms with van der Waals surface area (Å²) in [5.74, 6) is -1.93. The van der Waals surface area contributed by atoms with Crippen molar-refractivity contribution in [2.75, 3.05) is 71.3 Å². The molecule has 0 saturated carbocycles. The number of aliphatic hydroxyl groups is 6. The Bertz CT molecular complexity index is 1310. The molecule has 57 heavy (non-hydrogen) atoms. The summed E-state index contributed by atoms with van der Waals surface area (Å²) >= 11 is 3.02. The van der Waals surface area contributed by atoms with Crippen LogP contribution in [0.2, 0.25) is 0 Å². The van der Waals surface area contributed by atoms with Gasteiger partial charge < -0.3 is 75.0 Å². The topological polar surface area (TPSA) is 319 Å². The number of rotatable bonds is 23. The molecule has 3 aliphatic rings. The van der Waals surface area contributed by atoms with Gasteiger partial charge in [0, 0.05) is 58.5 Å². The summed E-state index contributed by atoms with van der Waals surface area (Å²) in [6, 6.07) is -2.00. The first-order valence-corrected chi connectivity index (χ1v) is 19.3. The van der Waals surface area contributed by atoms with Crippen LogP contribution >= 0.6 is 15.9 Å². The van der Waals surface area contributed by atoms with Gasteiger partial charge in [0.25, 0.3) is 11.8 Å². The molecule has 3 heterocycles. The molecule has 0 bridgehead atoms. The van der Waals surface area contributed by atoms with E-state index in [4.69, 9.17) is 28.4 Å². The van der Waals surface area contributed by atoms with Gasteiger partial charge in [0.2, 0.25) is 17.7 Å². The third-order valence-electron chi connectivity index (χ3n) is 8.47. The SMILES string of the molecule is CC(=O)NC1C(OCCOCCCC(=O)CCN2C(=O)C=CC2=O)OC(CO)C(O)C1O.CC(=O)NC1C(OCCOCCNC(=O)CBr)OC(CO)C(O)C1O. The maximum atomic E-state index is 11.9. The summed E-state index contributed by atoms with van der Waals surface area (Å²) in [6.07, 6.45) is -6.57. The van der Waals surface area contributed by atoms with Gasteiger partial charge in [-0.1, -0.05) is 15.9 Å². The fourth-order valence-corrected chi connectivity index (χ4v) is 5.77. The molecule has 10 atom stereocenters. The molecule has 3 aliphatic heterocycles. The summed E-state index contributed by atoms with van der Waals surface area (Å²) in [6.45, 7) is 2.93. The number of hydrogen-bond acceptors (Lipinski definition) is 18. The van der Waals surface area contributed by atoms with Crippen molar-refractivity contribution >= 4 is 51.2 Å². The largest absolute Gasteiger partial charge is 0.394 e. The average Bonchev–Trinajstić information content (AvgIpc) is 3.50. The third kappa shape index (κ3) is 17.4. The van der Waals surface area contributed by atoms with E-state index in [1.54, 1.807) is 0 Å². The monoisotopic (exact) mass is 886 g/mol. The Labute approximate surface area is 337 Å². The minimum atomic E-state index is -1.39. The lowest BCUT2D eigenvalue weighted by Gasteiger charge is -2.42. The Kier molecular flexibility index (Phi) is 23.6. The fraction of sp³-hybridized carbons (Fsp3) is 0.765. The summed E-state index contributed by atoms with van der Waals surface area (Å²) in [5.41, 5.74) is 0. The lowest BCUT2D eigenvalue weighted by Crippen LogP contribution is -2.64. The number of aliphatic hydroxyl groups excluding tert-OH is 6. The molecule has 9 N–H and O–H groups in total. The van der Waals surface area contributed by atoms with Crippen molar-refractivity contribution in [3.8, 4) is 0 Å². The zero-order valence-electron chi connectivity index (χ0n) is 31.7. The molecular weight excluding hydrogens is 832 g/mol. The van der Waals surface area contributed by atoms with Crippen LogP contribution in [0, 0.1) is 0 Å². The molecule has 23 heteroatoms. The van der Waals surface area contributed by atoms with Crippen molar-refractivity contribution in [3.63, 3.8) is 0 Å². The molecule has 326 valence electrons. The van der Waals surface area contributed by atoms with Crippen molar-refractivity contribution in [2.45, 2.75) is 94.4 Å². The van der Waals surface area contributed by atoms with E-state index in [9.17, 15) is 59.4 Å². The minimum absolute atomic E-state index is 0.0435. The second-order valence-electron chi connectivity index (χ2n) is 12.9. The zero-order valence-corrected chi connectivity index (χ0v) is 33.3. The Hall–Kier alpha value is -3.04. The number of imide groups is 1. The van der Waals surface area contributed by atoms with Crippen LogP contribution in [0.5, 0.6) is 0 Å². The molecule has 10 unspecified atom stereocenters. The van der Waals surface area contributed by atoms with Crippen LogP contribution in [0.4, 0.5) is 0 Å². The van der Waals surface area contributed by atoms with Crippen molar-refractivity contribution < 1.29 is 87.8 Å². The molecule has 0 radical (unpaired) electrons. The molecule has 0 aliphatic carbocycles. The molecule has 3 rings (SSSR count). The molecule has 0 aromatic heterocycles. The minimum Gasteiger partial charge on any atom is -0.394 e. The van der Waals surface area contributed by atoms with E-state index < -0.39 is 98.1 Å². The first kappa shape index (κ1) is 50.1. The maximum Gasteiger partial charge on any atom is 0.253 e. The number of hydrogen-bond donors (Lipinski definition) is 9. The second-order valence-corrected chi connectivity index (χ2v) is 13.4. The standard InChI is InChI=1S/C20H30N2O10.C14H25BrN2O8/c1-12(24)21-17-19(29)18(28)14(11-23)32-20(17)31-10-9-30-8-2-3-13(25)6-7-22-15(26)4-5-16(22)27;1-8(19)17-11-13(22)12(21)9(7-18)25-14(11)24-5-4-23-3-2-16-10(20)6-15/h4-5,14,17-20,23,28-29H,2-3,6-11H2,1H3,(H,21,24);9,11-14,18,21-22H,2-7H2,1H3,(H,16,20)(H,17,19). The number of alkyl halides is 1. The number of carbonyl (C=O) groups is 6. The number of Topliss-reactive ketones (excluding diaryl/α,β-unsaturated/α-hetero) is 1. The number of carbonyl (C=O) groups excluding carboxylic acids is 6. The van der Waals surface area contributed by atoms with Crippen LogP contribution in [0.1, 0.15) is 33.1 Å². The van der Waals surface area contributed by atoms with Crippen LogP contribution in [0.25, 0.3) is 0 Å². The predicted octanol–water partition coefficient (Wildman–Crippen LogP) is -4.90. The van der Waals surface area contributed by atoms with E-state index in [2.05, 4.69) is 31.9 Å². The van der Waals surface area contributed by atoms with Gasteiger partial charge in [-0.05, 0) is 6.42 Å². The molecule has 2 fully saturated rings. The van der Waals surface area contributed by atoms with Gasteiger partial charge in [0.1, 0.15) is 54.5 Å². The first-order chi connectivity index (χ1) is 27.1. The number of nitrogens with zero attached hydrogens (tertiary/aromatic N) is 1. The maximum absolute atomic E-state index is 11.9. The van der Waals surface area contributed by atoms with Crippen molar-refractivity contribution in [2.24, 2.45) is 0 Å². The molecule has 2 saturated heterocycles. The Balaban J connectivity index is 0.000000406. The number of halogens is 1. The van der Waals surface area contributed by atoms with E-state index in [1.807, 2.05) is 0 Å². The third-order valence-corrected chi connectivity index (χ3v) is 8.98. The summed E-state index contributed by atoms with van der Waals surface area (Å²) in [7, 11) is 0. The van der Waals surface area contributed by atoms with Gasteiger partial charge in [0.15, 0.2) is 12.6 Å². The van der Waals surface area contributed by atoms with E-state index in [0.717, 1.165) is 4.90 Å². The van der Waals surface area contributed by atoms with Crippen molar-refractivity contribution in [3.05, 3.63) is 12.2 Å². The second kappa shape index (κ2) is 26.9. The number of ketones is 1. The summed E-state index contributed by atoms with van der Waals surface area (Å²) < 4.78 is 32.4. The van der Waals surface area contributed by atoms with E-state index in [0.29, 0.717) is 19.6 Å². The molecule has 22 nitrogen and oxygen atoms in total. The Morgan fingerprint density at radius 1 is 0.719 bits per heavy atom. The molecular formula is C34H55BrN4O18. The number of ether oxygens (including phenoxy) is 6. The van der Waals surface area contributed by atoms with E-state index in [-0.39, 0.29) is 69.4 Å². The van der Waals surface area contributed by atoms with Crippen LogP contribution in [0.15, 0.2) is 12.2 Å². The van der Waals surface area contributed by atoms with Gasteiger partial charge in [-0.25, -0.2) is 0 Å². The van der Waals surface area contributed by atoms with Gasteiger partial charge in [0.05, 0.1) is 51.6 Å². The molecule has 5 amide bonds. The van der Waals surface area contributed by atoms with Crippen molar-refractivity contribution in [1.82, 2.24) is 20.9 Å². The highest BCUT2D eigenvalue weighted by Crippen LogP contribution is 2.23. The van der Waals surface area contributed by atoms with E-state index >= 15 is 0 Å². The van der Waals surface area contributed by atoms with Crippen molar-refractivity contribution in [1.29, 1.82) is 0 Å². The normalized spacial score (nSPS) is 28.4. The predicted molar refractivity (Wildman–Crippen MR) is 196 cm³/mol. The summed E-state index contributed by atoms with van der Waals surface area (Å²) in [4.78, 5) is 69.4. The molecule has 0 aromatic rings. The van der Waals surface area contributed by atoms with Gasteiger partial charge in [-0.2, -0.15) is 0 Å². The Morgan fingerprint density at radius 3 is 1.63 bits per heavy atom.